The van der Waals surface area contributed by atoms with E-state index in [1.807, 2.05) is 24.3 Å². The van der Waals surface area contributed by atoms with Gasteiger partial charge in [-0.25, -0.2) is 0 Å². The van der Waals surface area contributed by atoms with E-state index >= 15 is 0 Å². The monoisotopic (exact) mass is 418 g/mol. The minimum absolute atomic E-state index is 0.0224. The Bertz CT molecular complexity index is 761. The van der Waals surface area contributed by atoms with E-state index in [1.54, 1.807) is 0 Å². The molecule has 0 unspecified atom stereocenters. The van der Waals surface area contributed by atoms with Gasteiger partial charge in [0.25, 0.3) is 0 Å². The number of piperidine rings is 1. The van der Waals surface area contributed by atoms with Crippen LogP contribution in [0, 0.1) is 5.92 Å². The third kappa shape index (κ3) is 5.97. The normalized spacial score (nSPS) is 18.6. The standard InChI is InChI=1S/C23H28Cl2N2O/c1-17(12-13-18-7-3-2-4-8-18)26-23(28)19-9-6-14-27(15-19)16-20-21(24)10-5-11-22(20)25/h2-5,7-8,10-11,17,19H,6,9,12-16H2,1H3,(H,26,28)/t17-,19+/m1/s1. The number of hydrogen-bond donors (Lipinski definition) is 1. The van der Waals surface area contributed by atoms with Crippen molar-refractivity contribution in [2.75, 3.05) is 13.1 Å². The van der Waals surface area contributed by atoms with Crippen LogP contribution in [0.5, 0.6) is 0 Å². The van der Waals surface area contributed by atoms with Crippen LogP contribution in [0.3, 0.4) is 0 Å². The molecule has 1 N–H and O–H groups in total. The number of rotatable bonds is 7. The molecule has 0 spiro atoms. The molecular weight excluding hydrogens is 391 g/mol. The van der Waals surface area contributed by atoms with Gasteiger partial charge < -0.3 is 5.32 Å². The Kier molecular flexibility index (Phi) is 7.78. The summed E-state index contributed by atoms with van der Waals surface area (Å²) in [6, 6.07) is 16.2. The smallest absolute Gasteiger partial charge is 0.224 e. The zero-order valence-corrected chi connectivity index (χ0v) is 17.8. The van der Waals surface area contributed by atoms with Crippen molar-refractivity contribution in [2.24, 2.45) is 5.92 Å². The second-order valence-electron chi connectivity index (χ2n) is 7.71. The summed E-state index contributed by atoms with van der Waals surface area (Å²) in [6.45, 7) is 4.49. The largest absolute Gasteiger partial charge is 0.353 e. The van der Waals surface area contributed by atoms with Crippen LogP contribution < -0.4 is 5.32 Å². The first kappa shape index (κ1) is 21.2. The van der Waals surface area contributed by atoms with Gasteiger partial charge in [-0.1, -0.05) is 59.6 Å². The number of carbonyl (C=O) groups is 1. The number of carbonyl (C=O) groups excluding carboxylic acids is 1. The van der Waals surface area contributed by atoms with Gasteiger partial charge in [0.05, 0.1) is 5.92 Å². The van der Waals surface area contributed by atoms with Gasteiger partial charge in [0.2, 0.25) is 5.91 Å². The van der Waals surface area contributed by atoms with Crippen molar-refractivity contribution >= 4 is 29.1 Å². The van der Waals surface area contributed by atoms with Crippen LogP contribution in [0.25, 0.3) is 0 Å². The Morgan fingerprint density at radius 2 is 1.86 bits per heavy atom. The van der Waals surface area contributed by atoms with E-state index in [0.29, 0.717) is 16.6 Å². The average molecular weight is 419 g/mol. The van der Waals surface area contributed by atoms with Crippen LogP contribution in [0.1, 0.15) is 37.3 Å². The fraction of sp³-hybridized carbons (Fsp3) is 0.435. The molecule has 3 nitrogen and oxygen atoms in total. The van der Waals surface area contributed by atoms with Crippen molar-refractivity contribution in [1.82, 2.24) is 10.2 Å². The number of aryl methyl sites for hydroxylation is 1. The molecule has 1 aliphatic rings. The van der Waals surface area contributed by atoms with Gasteiger partial charge in [-0.2, -0.15) is 0 Å². The first-order chi connectivity index (χ1) is 13.5. The minimum atomic E-state index is 0.0224. The Morgan fingerprint density at radius 1 is 1.14 bits per heavy atom. The molecule has 2 atom stereocenters. The third-order valence-electron chi connectivity index (χ3n) is 5.42. The van der Waals surface area contributed by atoms with Crippen LogP contribution in [-0.4, -0.2) is 29.9 Å². The van der Waals surface area contributed by atoms with Gasteiger partial charge in [0, 0.05) is 34.7 Å². The second-order valence-corrected chi connectivity index (χ2v) is 8.52. The molecule has 3 rings (SSSR count). The van der Waals surface area contributed by atoms with Gasteiger partial charge in [0.15, 0.2) is 0 Å². The molecule has 2 aromatic rings. The number of benzene rings is 2. The highest BCUT2D eigenvalue weighted by atomic mass is 35.5. The Balaban J connectivity index is 1.50. The number of nitrogens with zero attached hydrogens (tertiary/aromatic N) is 1. The lowest BCUT2D eigenvalue weighted by Crippen LogP contribution is -2.45. The maximum atomic E-state index is 12.8. The highest BCUT2D eigenvalue weighted by Gasteiger charge is 2.27. The molecule has 0 aromatic heterocycles. The lowest BCUT2D eigenvalue weighted by molar-refractivity contribution is -0.127. The third-order valence-corrected chi connectivity index (χ3v) is 6.13. The predicted molar refractivity (Wildman–Crippen MR) is 117 cm³/mol. The molecule has 2 aromatic carbocycles. The number of likely N-dealkylation sites (tertiary alicyclic amines) is 1. The van der Waals surface area contributed by atoms with Crippen molar-refractivity contribution in [3.05, 3.63) is 69.7 Å². The van der Waals surface area contributed by atoms with E-state index in [-0.39, 0.29) is 17.9 Å². The van der Waals surface area contributed by atoms with Crippen LogP contribution in [0.15, 0.2) is 48.5 Å². The van der Waals surface area contributed by atoms with Gasteiger partial charge >= 0.3 is 0 Å². The number of nitrogens with one attached hydrogen (secondary N) is 1. The number of halogens is 2. The maximum absolute atomic E-state index is 12.8. The van der Waals surface area contributed by atoms with Crippen molar-refractivity contribution in [2.45, 2.75) is 45.2 Å². The van der Waals surface area contributed by atoms with Crippen LogP contribution >= 0.6 is 23.2 Å². The zero-order valence-electron chi connectivity index (χ0n) is 16.3. The lowest BCUT2D eigenvalue weighted by Gasteiger charge is -2.33. The molecule has 1 aliphatic heterocycles. The number of hydrogen-bond acceptors (Lipinski definition) is 2. The van der Waals surface area contributed by atoms with Crippen LogP contribution in [-0.2, 0) is 17.8 Å². The van der Waals surface area contributed by atoms with Crippen LogP contribution in [0.2, 0.25) is 10.0 Å². The summed E-state index contributed by atoms with van der Waals surface area (Å²) in [4.78, 5) is 15.0. The molecule has 0 aliphatic carbocycles. The van der Waals surface area contributed by atoms with Gasteiger partial charge in [-0.15, -0.1) is 0 Å². The van der Waals surface area contributed by atoms with E-state index in [1.165, 1.54) is 5.56 Å². The molecule has 1 saturated heterocycles. The molecule has 1 amide bonds. The Morgan fingerprint density at radius 3 is 2.57 bits per heavy atom. The maximum Gasteiger partial charge on any atom is 0.224 e. The SMILES string of the molecule is C[C@H](CCc1ccccc1)NC(=O)[C@H]1CCCN(Cc2c(Cl)cccc2Cl)C1. The van der Waals surface area contributed by atoms with Crippen LogP contribution in [0.4, 0.5) is 0 Å². The van der Waals surface area contributed by atoms with Crippen molar-refractivity contribution < 1.29 is 4.79 Å². The quantitative estimate of drug-likeness (QED) is 0.657. The fourth-order valence-electron chi connectivity index (χ4n) is 3.78. The zero-order chi connectivity index (χ0) is 19.9. The summed E-state index contributed by atoms with van der Waals surface area (Å²) in [5.41, 5.74) is 2.26. The molecule has 0 bridgehead atoms. The van der Waals surface area contributed by atoms with Crippen molar-refractivity contribution in [3.63, 3.8) is 0 Å². The lowest BCUT2D eigenvalue weighted by atomic mass is 9.96. The molecule has 5 heteroatoms. The summed E-state index contributed by atoms with van der Waals surface area (Å²) in [7, 11) is 0. The van der Waals surface area contributed by atoms with E-state index in [9.17, 15) is 4.79 Å². The molecule has 1 heterocycles. The summed E-state index contributed by atoms with van der Waals surface area (Å²) >= 11 is 12.6. The van der Waals surface area contributed by atoms with E-state index in [2.05, 4.69) is 41.4 Å². The Labute approximate surface area is 178 Å². The minimum Gasteiger partial charge on any atom is -0.353 e. The number of amides is 1. The average Bonchev–Trinajstić information content (AvgIpc) is 2.70. The van der Waals surface area contributed by atoms with Crippen molar-refractivity contribution in [1.29, 1.82) is 0 Å². The highest BCUT2D eigenvalue weighted by Crippen LogP contribution is 2.27. The molecule has 0 saturated carbocycles. The predicted octanol–water partition coefficient (Wildman–Crippen LogP) is 5.34. The first-order valence-corrected chi connectivity index (χ1v) is 10.8. The molecule has 1 fully saturated rings. The molecular formula is C23H28Cl2N2O. The summed E-state index contributed by atoms with van der Waals surface area (Å²) in [6.07, 6.45) is 3.87. The topological polar surface area (TPSA) is 32.3 Å². The van der Waals surface area contributed by atoms with Gasteiger partial charge in [0.1, 0.15) is 0 Å². The summed E-state index contributed by atoms with van der Waals surface area (Å²) in [5, 5.41) is 4.59. The van der Waals surface area contributed by atoms with E-state index < -0.39 is 0 Å². The van der Waals surface area contributed by atoms with Gasteiger partial charge in [-0.05, 0) is 56.8 Å². The van der Waals surface area contributed by atoms with Crippen molar-refractivity contribution in [3.8, 4) is 0 Å². The summed E-state index contributed by atoms with van der Waals surface area (Å²) < 4.78 is 0. The molecule has 0 radical (unpaired) electrons. The second kappa shape index (κ2) is 10.3. The van der Waals surface area contributed by atoms with E-state index in [4.69, 9.17) is 23.2 Å². The van der Waals surface area contributed by atoms with Gasteiger partial charge in [-0.3, -0.25) is 9.69 Å². The molecule has 150 valence electrons. The summed E-state index contributed by atoms with van der Waals surface area (Å²) in [5.74, 6) is 0.185. The molecule has 28 heavy (non-hydrogen) atoms. The Hall–Kier alpha value is -1.55. The fourth-order valence-corrected chi connectivity index (χ4v) is 4.30. The van der Waals surface area contributed by atoms with E-state index in [0.717, 1.165) is 44.3 Å². The highest BCUT2D eigenvalue weighted by molar-refractivity contribution is 6.35. The first-order valence-electron chi connectivity index (χ1n) is 10.0.